The number of halogens is 1. The van der Waals surface area contributed by atoms with Crippen LogP contribution in [0, 0.1) is 0 Å². The van der Waals surface area contributed by atoms with Crippen LogP contribution < -0.4 is 0 Å². The van der Waals surface area contributed by atoms with Crippen molar-refractivity contribution in [2.75, 3.05) is 54.0 Å². The molecule has 2 N–H and O–H groups in total. The van der Waals surface area contributed by atoms with E-state index in [1.165, 1.54) is 0 Å². The van der Waals surface area contributed by atoms with Crippen LogP contribution in [0.5, 0.6) is 0 Å². The molecule has 0 atom stereocenters. The first-order valence-electron chi connectivity index (χ1n) is 4.87. The zero-order valence-corrected chi connectivity index (χ0v) is 10.4. The molecule has 0 aromatic heterocycles. The van der Waals surface area contributed by atoms with Crippen LogP contribution in [0.25, 0.3) is 0 Å². The largest absolute Gasteiger partial charge is 0.390 e. The third kappa shape index (κ3) is 5.44. The Bertz CT molecular complexity index is 210. The van der Waals surface area contributed by atoms with Crippen LogP contribution in [0.2, 0.25) is 0 Å². The van der Waals surface area contributed by atoms with Crippen molar-refractivity contribution in [3.05, 3.63) is 0 Å². The van der Waals surface area contributed by atoms with Crippen molar-refractivity contribution in [2.24, 2.45) is 0 Å². The molecule has 0 radical (unpaired) electrons. The van der Waals surface area contributed by atoms with Crippen LogP contribution in [-0.4, -0.2) is 78.6 Å². The summed E-state index contributed by atoms with van der Waals surface area (Å²) in [6, 6.07) is 0. The van der Waals surface area contributed by atoms with Crippen LogP contribution in [0.4, 0.5) is 0 Å². The van der Waals surface area contributed by atoms with Crippen LogP contribution in [0.1, 0.15) is 0 Å². The number of carbonyl (C=O) groups is 1. The maximum atomic E-state index is 11.9. The van der Waals surface area contributed by atoms with Crippen LogP contribution in [0.3, 0.4) is 0 Å². The fourth-order valence-corrected chi connectivity index (χ4v) is 1.42. The summed E-state index contributed by atoms with van der Waals surface area (Å²) in [5.74, 6) is -0.188. The Morgan fingerprint density at radius 1 is 1.13 bits per heavy atom. The molecule has 90 valence electrons. The normalized spacial score (nSPS) is 12.9. The number of aliphatic hydroxyl groups is 2. The van der Waals surface area contributed by atoms with Gasteiger partial charge in [-0.05, 0) is 0 Å². The monoisotopic (exact) mass is 240 g/mol. The fraction of sp³-hybridized carbons (Fsp3) is 0.889. The maximum absolute atomic E-state index is 11.9. The zero-order chi connectivity index (χ0) is 12.1. The average Bonchev–Trinajstić information content (AvgIpc) is 2.01. The van der Waals surface area contributed by atoms with Gasteiger partial charge in [-0.3, -0.25) is 0 Å². The quantitative estimate of drug-likeness (QED) is 0.471. The maximum Gasteiger partial charge on any atom is 0.386 e. The van der Waals surface area contributed by atoms with Gasteiger partial charge in [-0.1, -0.05) is 0 Å². The van der Waals surface area contributed by atoms with Crippen molar-refractivity contribution < 1.29 is 23.5 Å². The van der Waals surface area contributed by atoms with Gasteiger partial charge in [0.15, 0.2) is 18.3 Å². The van der Waals surface area contributed by atoms with Gasteiger partial charge in [0, 0.05) is 0 Å². The van der Waals surface area contributed by atoms with E-state index in [2.05, 4.69) is 0 Å². The standard InChI is InChI=1S/C9H21ClN2O3/c1-11(2,3)8-9(15)12(10,4-6-13)5-7-14/h13-14H,4-8H2,1-3H3/q+2. The van der Waals surface area contributed by atoms with E-state index in [0.29, 0.717) is 4.48 Å². The van der Waals surface area contributed by atoms with Crippen LogP contribution in [0.15, 0.2) is 0 Å². The summed E-state index contributed by atoms with van der Waals surface area (Å²) in [4.78, 5) is 11.9. The van der Waals surface area contributed by atoms with Crippen molar-refractivity contribution in [1.82, 2.24) is 0 Å². The molecule has 0 aliphatic rings. The third-order valence-electron chi connectivity index (χ3n) is 1.97. The Morgan fingerprint density at radius 2 is 1.53 bits per heavy atom. The van der Waals surface area contributed by atoms with E-state index in [-0.39, 0.29) is 38.8 Å². The molecule has 6 heteroatoms. The summed E-state index contributed by atoms with van der Waals surface area (Å²) in [5.41, 5.74) is 0. The number of hydrogen-bond donors (Lipinski definition) is 2. The van der Waals surface area contributed by atoms with Crippen molar-refractivity contribution in [3.63, 3.8) is 0 Å². The van der Waals surface area contributed by atoms with E-state index in [4.69, 9.17) is 22.0 Å². The summed E-state index contributed by atoms with van der Waals surface area (Å²) >= 11 is 6.05. The van der Waals surface area contributed by atoms with Crippen LogP contribution >= 0.6 is 11.8 Å². The number of nitrogens with zero attached hydrogens (tertiary/aromatic N) is 2. The highest BCUT2D eigenvalue weighted by Crippen LogP contribution is 2.13. The molecular weight excluding hydrogens is 220 g/mol. The molecule has 0 bridgehead atoms. The lowest BCUT2D eigenvalue weighted by molar-refractivity contribution is -0.873. The van der Waals surface area contributed by atoms with E-state index in [1.54, 1.807) is 0 Å². The third-order valence-corrected chi connectivity index (χ3v) is 2.49. The smallest absolute Gasteiger partial charge is 0.386 e. The molecule has 0 saturated carbocycles. The lowest BCUT2D eigenvalue weighted by Crippen LogP contribution is -2.54. The number of carbonyl (C=O) groups excluding carboxylic acids is 1. The summed E-state index contributed by atoms with van der Waals surface area (Å²) in [6.45, 7) is 0.171. The highest BCUT2D eigenvalue weighted by molar-refractivity contribution is 6.12. The molecule has 0 aliphatic carbocycles. The minimum absolute atomic E-state index is 0.126. The molecule has 0 aromatic rings. The van der Waals surface area contributed by atoms with Crippen molar-refractivity contribution in [2.45, 2.75) is 0 Å². The van der Waals surface area contributed by atoms with Gasteiger partial charge in [0.05, 0.1) is 34.4 Å². The Kier molecular flexibility index (Phi) is 5.69. The molecule has 0 rings (SSSR count). The molecule has 0 heterocycles. The molecule has 0 fully saturated rings. The number of amides is 1. The highest BCUT2D eigenvalue weighted by Gasteiger charge is 2.38. The molecule has 0 aromatic carbocycles. The Labute approximate surface area is 95.8 Å². The first kappa shape index (κ1) is 14.8. The fourth-order valence-electron chi connectivity index (χ4n) is 1.21. The summed E-state index contributed by atoms with van der Waals surface area (Å²) in [7, 11) is 5.66. The van der Waals surface area contributed by atoms with E-state index in [0.717, 1.165) is 0 Å². The van der Waals surface area contributed by atoms with Crippen molar-refractivity contribution in [3.8, 4) is 0 Å². The first-order chi connectivity index (χ1) is 6.75. The average molecular weight is 241 g/mol. The Balaban J connectivity index is 4.55. The zero-order valence-electron chi connectivity index (χ0n) is 9.61. The molecule has 15 heavy (non-hydrogen) atoms. The SMILES string of the molecule is C[N+](C)(C)CC(=O)[N+](Cl)(CCO)CCO. The topological polar surface area (TPSA) is 57.5 Å². The molecule has 5 nitrogen and oxygen atoms in total. The number of likely N-dealkylation sites (N-methyl/N-ethyl adjacent to an activating group) is 1. The second kappa shape index (κ2) is 5.77. The van der Waals surface area contributed by atoms with Gasteiger partial charge in [-0.2, -0.15) is 4.00 Å². The highest BCUT2D eigenvalue weighted by atomic mass is 35.5. The molecule has 1 amide bonds. The van der Waals surface area contributed by atoms with Gasteiger partial charge in [0.2, 0.25) is 0 Å². The second-order valence-electron chi connectivity index (χ2n) is 4.60. The van der Waals surface area contributed by atoms with Gasteiger partial charge in [0.1, 0.15) is 13.1 Å². The lowest BCUT2D eigenvalue weighted by atomic mass is 10.4. The molecule has 0 saturated heterocycles. The Hall–Kier alpha value is -0.200. The number of aliphatic hydroxyl groups excluding tert-OH is 2. The Morgan fingerprint density at radius 3 is 1.80 bits per heavy atom. The van der Waals surface area contributed by atoms with Gasteiger partial charge in [-0.15, -0.1) is 0 Å². The van der Waals surface area contributed by atoms with Gasteiger partial charge >= 0.3 is 5.91 Å². The lowest BCUT2D eigenvalue weighted by Gasteiger charge is -2.29. The van der Waals surface area contributed by atoms with Crippen LogP contribution in [-0.2, 0) is 4.79 Å². The first-order valence-corrected chi connectivity index (χ1v) is 5.21. The molecule has 0 unspecified atom stereocenters. The van der Waals surface area contributed by atoms with E-state index in [9.17, 15) is 4.79 Å². The van der Waals surface area contributed by atoms with E-state index in [1.807, 2.05) is 21.1 Å². The van der Waals surface area contributed by atoms with Gasteiger partial charge in [0.25, 0.3) is 0 Å². The van der Waals surface area contributed by atoms with Gasteiger partial charge < -0.3 is 14.7 Å². The number of quaternary nitrogens is 2. The molecular formula is C9H21ClN2O3+2. The number of hydrogen-bond acceptors (Lipinski definition) is 3. The minimum atomic E-state index is -0.428. The predicted octanol–water partition coefficient (Wildman–Crippen LogP) is -0.826. The van der Waals surface area contributed by atoms with E-state index >= 15 is 0 Å². The van der Waals surface area contributed by atoms with Gasteiger partial charge in [-0.25, -0.2) is 4.79 Å². The van der Waals surface area contributed by atoms with Crippen molar-refractivity contribution >= 4 is 17.7 Å². The van der Waals surface area contributed by atoms with E-state index < -0.39 is 4.00 Å². The second-order valence-corrected chi connectivity index (χ2v) is 5.25. The number of rotatable bonds is 6. The summed E-state index contributed by atoms with van der Waals surface area (Å²) < 4.78 is 0.0466. The summed E-state index contributed by atoms with van der Waals surface area (Å²) in [6.07, 6.45) is 0. The molecule has 0 aliphatic heterocycles. The minimum Gasteiger partial charge on any atom is -0.390 e. The van der Waals surface area contributed by atoms with Crippen molar-refractivity contribution in [1.29, 1.82) is 0 Å². The molecule has 0 spiro atoms. The predicted molar refractivity (Wildman–Crippen MR) is 57.9 cm³/mol. The summed E-state index contributed by atoms with van der Waals surface area (Å²) in [5, 5.41) is 17.7.